The predicted octanol–water partition coefficient (Wildman–Crippen LogP) is 3.96. The number of para-hydroxylation sites is 1. The molecule has 1 aromatic carbocycles. The Morgan fingerprint density at radius 3 is 2.89 bits per heavy atom. The summed E-state index contributed by atoms with van der Waals surface area (Å²) in [4.78, 5) is 8.94. The highest BCUT2D eigenvalue weighted by molar-refractivity contribution is 7.71. The molecular weight excluding hydrogens is 240 g/mol. The minimum atomic E-state index is 0.309. The van der Waals surface area contributed by atoms with Crippen molar-refractivity contribution in [3.8, 4) is 0 Å². The highest BCUT2D eigenvalue weighted by atomic mass is 32.1. The molecule has 0 N–H and O–H groups in total. The molecule has 3 heteroatoms. The second kappa shape index (κ2) is 4.78. The van der Waals surface area contributed by atoms with Gasteiger partial charge in [0.15, 0.2) is 0 Å². The number of benzene rings is 1. The zero-order chi connectivity index (χ0) is 12.4. The highest BCUT2D eigenvalue weighted by Gasteiger charge is 2.12. The third kappa shape index (κ3) is 2.09. The summed E-state index contributed by atoms with van der Waals surface area (Å²) in [6.07, 6.45) is 11.1. The minimum absolute atomic E-state index is 0.309. The van der Waals surface area contributed by atoms with Crippen LogP contribution >= 0.6 is 12.2 Å². The molecule has 1 atom stereocenters. The molecule has 0 saturated heterocycles. The van der Waals surface area contributed by atoms with E-state index in [0.717, 1.165) is 23.0 Å². The van der Waals surface area contributed by atoms with Crippen LogP contribution in [-0.4, -0.2) is 9.97 Å². The number of fused-ring (bicyclic) bond motifs is 1. The average molecular weight is 252 g/mol. The van der Waals surface area contributed by atoms with E-state index in [1.54, 1.807) is 6.20 Å². The van der Waals surface area contributed by atoms with Gasteiger partial charge in [-0.1, -0.05) is 54.7 Å². The summed E-state index contributed by atoms with van der Waals surface area (Å²) in [6, 6.07) is 8.04. The van der Waals surface area contributed by atoms with Crippen LogP contribution in [0.15, 0.2) is 54.8 Å². The summed E-state index contributed by atoms with van der Waals surface area (Å²) in [5.41, 5.74) is 1.97. The molecule has 3 rings (SSSR count). The molecule has 0 amide bonds. The molecule has 1 unspecified atom stereocenters. The predicted molar refractivity (Wildman–Crippen MR) is 76.0 cm³/mol. The molecule has 1 aliphatic carbocycles. The monoisotopic (exact) mass is 252 g/mol. The first-order valence-corrected chi connectivity index (χ1v) is 6.35. The van der Waals surface area contributed by atoms with Crippen LogP contribution in [0.3, 0.4) is 0 Å². The van der Waals surface area contributed by atoms with Gasteiger partial charge < -0.3 is 0 Å². The molecule has 2 nitrogen and oxygen atoms in total. The second-order valence-corrected chi connectivity index (χ2v) is 4.68. The SMILES string of the molecule is S=c1cnc(C2C=CC=CC2)c2ccccc2n1. The van der Waals surface area contributed by atoms with E-state index in [2.05, 4.69) is 40.3 Å². The van der Waals surface area contributed by atoms with Gasteiger partial charge in [-0.05, 0) is 12.5 Å². The summed E-state index contributed by atoms with van der Waals surface area (Å²) in [6.45, 7) is 0. The molecule has 1 aliphatic rings. The maximum absolute atomic E-state index is 5.16. The number of hydrogen-bond donors (Lipinski definition) is 0. The van der Waals surface area contributed by atoms with E-state index >= 15 is 0 Å². The van der Waals surface area contributed by atoms with Gasteiger partial charge in [0.2, 0.25) is 0 Å². The summed E-state index contributed by atoms with van der Waals surface area (Å²) in [7, 11) is 0. The fourth-order valence-corrected chi connectivity index (χ4v) is 2.36. The number of hydrogen-bond acceptors (Lipinski definition) is 3. The van der Waals surface area contributed by atoms with Crippen LogP contribution in [-0.2, 0) is 0 Å². The van der Waals surface area contributed by atoms with Gasteiger partial charge in [-0.3, -0.25) is 4.98 Å². The van der Waals surface area contributed by atoms with Crippen molar-refractivity contribution in [2.45, 2.75) is 12.3 Å². The van der Waals surface area contributed by atoms with Gasteiger partial charge >= 0.3 is 0 Å². The Bertz CT molecular complexity index is 704. The molecule has 18 heavy (non-hydrogen) atoms. The Kier molecular flexibility index (Phi) is 2.99. The largest absolute Gasteiger partial charge is 0.257 e. The van der Waals surface area contributed by atoms with E-state index in [4.69, 9.17) is 12.2 Å². The van der Waals surface area contributed by atoms with Crippen LogP contribution in [0.4, 0.5) is 0 Å². The molecule has 0 radical (unpaired) electrons. The average Bonchev–Trinajstić information content (AvgIpc) is 2.58. The highest BCUT2D eigenvalue weighted by Crippen LogP contribution is 2.27. The van der Waals surface area contributed by atoms with Crippen LogP contribution in [0.5, 0.6) is 0 Å². The maximum atomic E-state index is 5.16. The van der Waals surface area contributed by atoms with Gasteiger partial charge in [-0.25, -0.2) is 4.98 Å². The van der Waals surface area contributed by atoms with Gasteiger partial charge in [-0.15, -0.1) is 0 Å². The molecule has 88 valence electrons. The molecule has 0 saturated carbocycles. The standard InChI is InChI=1S/C15H12N2S/c18-14-10-16-15(11-6-2-1-3-7-11)12-8-4-5-9-13(12)17-14/h1-6,8-11H,7H2. The summed E-state index contributed by atoms with van der Waals surface area (Å²) < 4.78 is 0.535. The van der Waals surface area contributed by atoms with Crippen molar-refractivity contribution >= 4 is 23.1 Å². The van der Waals surface area contributed by atoms with Crippen molar-refractivity contribution in [2.24, 2.45) is 0 Å². The van der Waals surface area contributed by atoms with Crippen LogP contribution in [0.1, 0.15) is 18.0 Å². The summed E-state index contributed by atoms with van der Waals surface area (Å²) in [5.74, 6) is 0.309. The summed E-state index contributed by atoms with van der Waals surface area (Å²) >= 11 is 5.16. The Hall–Kier alpha value is -1.87. The Morgan fingerprint density at radius 2 is 2.06 bits per heavy atom. The van der Waals surface area contributed by atoms with Gasteiger partial charge in [0.1, 0.15) is 4.64 Å². The number of aromatic nitrogens is 2. The van der Waals surface area contributed by atoms with E-state index in [-0.39, 0.29) is 0 Å². The Balaban J connectivity index is 2.29. The molecular formula is C15H12N2S. The first-order chi connectivity index (χ1) is 8.84. The van der Waals surface area contributed by atoms with E-state index in [1.807, 2.05) is 18.2 Å². The van der Waals surface area contributed by atoms with E-state index in [9.17, 15) is 0 Å². The molecule has 1 aromatic heterocycles. The van der Waals surface area contributed by atoms with Crippen molar-refractivity contribution in [3.63, 3.8) is 0 Å². The second-order valence-electron chi connectivity index (χ2n) is 4.27. The van der Waals surface area contributed by atoms with Crippen molar-refractivity contribution < 1.29 is 0 Å². The molecule has 2 aromatic rings. The van der Waals surface area contributed by atoms with E-state index in [1.165, 1.54) is 0 Å². The normalized spacial score (nSPS) is 18.1. The van der Waals surface area contributed by atoms with Crippen LogP contribution in [0, 0.1) is 4.64 Å². The lowest BCUT2D eigenvalue weighted by atomic mass is 9.94. The van der Waals surface area contributed by atoms with Gasteiger partial charge in [0.25, 0.3) is 0 Å². The first-order valence-electron chi connectivity index (χ1n) is 5.94. The lowest BCUT2D eigenvalue weighted by Gasteiger charge is -2.12. The topological polar surface area (TPSA) is 25.8 Å². The number of allylic oxidation sites excluding steroid dienone is 4. The van der Waals surface area contributed by atoms with Crippen molar-refractivity contribution in [3.05, 3.63) is 65.1 Å². The third-order valence-corrected chi connectivity index (χ3v) is 3.25. The number of nitrogens with zero attached hydrogens (tertiary/aromatic N) is 2. The molecule has 0 spiro atoms. The van der Waals surface area contributed by atoms with Crippen molar-refractivity contribution in [1.29, 1.82) is 0 Å². The van der Waals surface area contributed by atoms with Gasteiger partial charge in [0, 0.05) is 11.3 Å². The molecule has 0 fully saturated rings. The Morgan fingerprint density at radius 1 is 1.17 bits per heavy atom. The lowest BCUT2D eigenvalue weighted by Crippen LogP contribution is -1.98. The van der Waals surface area contributed by atoms with Gasteiger partial charge in [0.05, 0.1) is 17.4 Å². The van der Waals surface area contributed by atoms with E-state index in [0.29, 0.717) is 10.6 Å². The van der Waals surface area contributed by atoms with Crippen LogP contribution in [0.25, 0.3) is 10.9 Å². The molecule has 0 aliphatic heterocycles. The zero-order valence-electron chi connectivity index (χ0n) is 9.78. The van der Waals surface area contributed by atoms with Crippen LogP contribution < -0.4 is 0 Å². The maximum Gasteiger partial charge on any atom is 0.145 e. The number of rotatable bonds is 1. The first kappa shape index (κ1) is 11.2. The molecule has 1 heterocycles. The quantitative estimate of drug-likeness (QED) is 0.718. The molecule has 0 bridgehead atoms. The summed E-state index contributed by atoms with van der Waals surface area (Å²) in [5, 5.41) is 1.08. The van der Waals surface area contributed by atoms with Crippen LogP contribution in [0.2, 0.25) is 0 Å². The van der Waals surface area contributed by atoms with Crippen molar-refractivity contribution in [1.82, 2.24) is 9.97 Å². The fourth-order valence-electron chi connectivity index (χ4n) is 2.21. The lowest BCUT2D eigenvalue weighted by molar-refractivity contribution is 0.827. The van der Waals surface area contributed by atoms with Crippen molar-refractivity contribution in [2.75, 3.05) is 0 Å². The fraction of sp³-hybridized carbons (Fsp3) is 0.133. The minimum Gasteiger partial charge on any atom is -0.257 e. The smallest absolute Gasteiger partial charge is 0.145 e. The third-order valence-electron chi connectivity index (χ3n) is 3.06. The zero-order valence-corrected chi connectivity index (χ0v) is 10.6. The Labute approximate surface area is 111 Å². The van der Waals surface area contributed by atoms with E-state index < -0.39 is 0 Å². The van der Waals surface area contributed by atoms with Gasteiger partial charge in [-0.2, -0.15) is 0 Å².